The highest BCUT2D eigenvalue weighted by Gasteiger charge is 2.20. The fraction of sp³-hybridized carbons (Fsp3) is 0.167. The zero-order valence-electron chi connectivity index (χ0n) is 14.2. The van der Waals surface area contributed by atoms with Crippen molar-refractivity contribution in [3.63, 3.8) is 0 Å². The van der Waals surface area contributed by atoms with Crippen LogP contribution in [0.25, 0.3) is 16.9 Å². The van der Waals surface area contributed by atoms with Crippen molar-refractivity contribution < 1.29 is 26.0 Å². The van der Waals surface area contributed by atoms with Crippen LogP contribution in [0.5, 0.6) is 0 Å². The predicted octanol–water partition coefficient (Wildman–Crippen LogP) is 4.47. The number of rotatable bonds is 4. The Bertz CT molecular complexity index is 1120. The third-order valence-electron chi connectivity index (χ3n) is 3.97. The quantitative estimate of drug-likeness (QED) is 0.610. The molecule has 0 atom stereocenters. The fourth-order valence-electron chi connectivity index (χ4n) is 2.63. The van der Waals surface area contributed by atoms with E-state index in [4.69, 9.17) is 0 Å². The Morgan fingerprint density at radius 1 is 1.00 bits per heavy atom. The lowest BCUT2D eigenvalue weighted by atomic mass is 10.1. The molecular weight excluding hydrogens is 384 g/mol. The first kappa shape index (κ1) is 19.1. The molecule has 3 rings (SSSR count). The number of aryl methyl sites for hydroxylation is 1. The van der Waals surface area contributed by atoms with Gasteiger partial charge in [-0.2, -0.15) is 5.10 Å². The molecule has 4 nitrogen and oxygen atoms in total. The van der Waals surface area contributed by atoms with Gasteiger partial charge >= 0.3 is 0 Å². The molecule has 0 fully saturated rings. The Hall–Kier alpha value is -2.68. The third kappa shape index (κ3) is 3.73. The van der Waals surface area contributed by atoms with Crippen LogP contribution in [0, 0.1) is 18.6 Å². The molecule has 0 aliphatic rings. The van der Waals surface area contributed by atoms with Gasteiger partial charge in [-0.3, -0.25) is 0 Å². The first-order chi connectivity index (χ1) is 12.6. The SMILES string of the molecule is Cc1cc(-c2cc(C(F)F)nn2-c2ccc(S(C)(=O)=O)c(F)c2)ccc1F. The molecule has 0 aliphatic heterocycles. The summed E-state index contributed by atoms with van der Waals surface area (Å²) in [6.07, 6.45) is -2.01. The van der Waals surface area contributed by atoms with Gasteiger partial charge in [0.25, 0.3) is 6.43 Å². The summed E-state index contributed by atoms with van der Waals surface area (Å²) in [5.41, 5.74) is 0.418. The molecule has 3 aromatic rings. The van der Waals surface area contributed by atoms with Crippen molar-refractivity contribution in [2.75, 3.05) is 6.26 Å². The summed E-state index contributed by atoms with van der Waals surface area (Å²) in [6.45, 7) is 1.52. The van der Waals surface area contributed by atoms with E-state index < -0.39 is 38.5 Å². The van der Waals surface area contributed by atoms with Crippen LogP contribution in [0.15, 0.2) is 47.4 Å². The lowest BCUT2D eigenvalue weighted by molar-refractivity contribution is 0.145. The van der Waals surface area contributed by atoms with Crippen LogP contribution in [0.3, 0.4) is 0 Å². The van der Waals surface area contributed by atoms with Crippen LogP contribution < -0.4 is 0 Å². The summed E-state index contributed by atoms with van der Waals surface area (Å²) in [5.74, 6) is -1.48. The van der Waals surface area contributed by atoms with Gasteiger partial charge in [-0.1, -0.05) is 0 Å². The topological polar surface area (TPSA) is 52.0 Å². The molecule has 0 spiro atoms. The molecule has 0 amide bonds. The van der Waals surface area contributed by atoms with Crippen LogP contribution in [0.2, 0.25) is 0 Å². The van der Waals surface area contributed by atoms with Crippen molar-refractivity contribution in [1.82, 2.24) is 9.78 Å². The van der Waals surface area contributed by atoms with Gasteiger partial charge in [0.1, 0.15) is 22.2 Å². The van der Waals surface area contributed by atoms with Gasteiger partial charge in [0, 0.05) is 17.9 Å². The molecule has 142 valence electrons. The van der Waals surface area contributed by atoms with E-state index in [2.05, 4.69) is 5.10 Å². The molecule has 2 aromatic carbocycles. The summed E-state index contributed by atoms with van der Waals surface area (Å²) in [6, 6.07) is 8.38. The van der Waals surface area contributed by atoms with Crippen molar-refractivity contribution in [3.8, 4) is 16.9 Å². The highest BCUT2D eigenvalue weighted by Crippen LogP contribution is 2.30. The van der Waals surface area contributed by atoms with Gasteiger partial charge in [0.05, 0.1) is 11.4 Å². The smallest absolute Gasteiger partial charge is 0.233 e. The molecule has 9 heteroatoms. The van der Waals surface area contributed by atoms with Gasteiger partial charge in [-0.05, 0) is 48.9 Å². The van der Waals surface area contributed by atoms with Gasteiger partial charge < -0.3 is 0 Å². The second-order valence-electron chi connectivity index (χ2n) is 6.02. The van der Waals surface area contributed by atoms with Crippen LogP contribution in [0.4, 0.5) is 17.6 Å². The largest absolute Gasteiger partial charge is 0.282 e. The van der Waals surface area contributed by atoms with Gasteiger partial charge in [-0.15, -0.1) is 0 Å². The van der Waals surface area contributed by atoms with Gasteiger partial charge in [0.15, 0.2) is 9.84 Å². The Balaban J connectivity index is 2.20. The van der Waals surface area contributed by atoms with E-state index in [0.717, 1.165) is 29.1 Å². The molecule has 0 saturated carbocycles. The molecule has 0 N–H and O–H groups in total. The Morgan fingerprint density at radius 2 is 1.70 bits per heavy atom. The highest BCUT2D eigenvalue weighted by molar-refractivity contribution is 7.90. The van der Waals surface area contributed by atoms with E-state index in [-0.39, 0.29) is 11.4 Å². The molecule has 27 heavy (non-hydrogen) atoms. The maximum Gasteiger partial charge on any atom is 0.282 e. The molecule has 1 heterocycles. The summed E-state index contributed by atoms with van der Waals surface area (Å²) in [7, 11) is -3.78. The normalized spacial score (nSPS) is 12.0. The van der Waals surface area contributed by atoms with Crippen LogP contribution in [-0.4, -0.2) is 24.5 Å². The number of alkyl halides is 2. The number of hydrogen-bond donors (Lipinski definition) is 0. The van der Waals surface area contributed by atoms with Crippen molar-refractivity contribution in [3.05, 3.63) is 65.4 Å². The second-order valence-corrected chi connectivity index (χ2v) is 8.00. The van der Waals surface area contributed by atoms with E-state index in [1.807, 2.05) is 0 Å². The maximum absolute atomic E-state index is 14.2. The number of aromatic nitrogens is 2. The van der Waals surface area contributed by atoms with Crippen molar-refractivity contribution in [2.45, 2.75) is 18.2 Å². The Kier molecular flexibility index (Phi) is 4.81. The van der Waals surface area contributed by atoms with E-state index >= 15 is 0 Å². The minimum atomic E-state index is -3.78. The molecule has 0 bridgehead atoms. The van der Waals surface area contributed by atoms with Crippen LogP contribution >= 0.6 is 0 Å². The molecule has 1 aromatic heterocycles. The summed E-state index contributed by atoms with van der Waals surface area (Å²) in [5, 5.41) is 3.80. The van der Waals surface area contributed by atoms with Gasteiger partial charge in [0.2, 0.25) is 0 Å². The van der Waals surface area contributed by atoms with Crippen molar-refractivity contribution in [1.29, 1.82) is 0 Å². The van der Waals surface area contributed by atoms with E-state index in [9.17, 15) is 26.0 Å². The highest BCUT2D eigenvalue weighted by atomic mass is 32.2. The Morgan fingerprint density at radius 3 is 2.26 bits per heavy atom. The maximum atomic E-state index is 14.2. The average Bonchev–Trinajstić information content (AvgIpc) is 3.01. The molecule has 0 unspecified atom stereocenters. The third-order valence-corrected chi connectivity index (χ3v) is 5.10. The number of halogens is 4. The minimum Gasteiger partial charge on any atom is -0.233 e. The van der Waals surface area contributed by atoms with Gasteiger partial charge in [-0.25, -0.2) is 30.7 Å². The Labute approximate surface area is 153 Å². The molecular formula is C18H14F4N2O2S. The first-order valence-electron chi connectivity index (χ1n) is 7.72. The zero-order chi connectivity index (χ0) is 19.9. The zero-order valence-corrected chi connectivity index (χ0v) is 15.1. The standard InChI is InChI=1S/C18H14F4N2O2S/c1-10-7-11(3-5-13(10)19)16-9-15(18(21)22)23-24(16)12-4-6-17(14(20)8-12)27(2,25)26/h3-9,18H,1-2H3. The van der Waals surface area contributed by atoms with E-state index in [1.54, 1.807) is 0 Å². The number of hydrogen-bond acceptors (Lipinski definition) is 3. The van der Waals surface area contributed by atoms with Crippen molar-refractivity contribution in [2.24, 2.45) is 0 Å². The second kappa shape index (κ2) is 6.80. The minimum absolute atomic E-state index is 0.0591. The van der Waals surface area contributed by atoms with E-state index in [1.165, 1.54) is 31.2 Å². The lowest BCUT2D eigenvalue weighted by Crippen LogP contribution is -2.05. The summed E-state index contributed by atoms with van der Waals surface area (Å²) >= 11 is 0. The molecule has 0 saturated heterocycles. The van der Waals surface area contributed by atoms with Crippen LogP contribution in [-0.2, 0) is 9.84 Å². The summed E-state index contributed by atoms with van der Waals surface area (Å²) < 4.78 is 78.2. The van der Waals surface area contributed by atoms with Crippen LogP contribution in [0.1, 0.15) is 17.7 Å². The van der Waals surface area contributed by atoms with E-state index in [0.29, 0.717) is 11.1 Å². The fourth-order valence-corrected chi connectivity index (χ4v) is 3.36. The first-order valence-corrected chi connectivity index (χ1v) is 9.61. The number of sulfone groups is 1. The van der Waals surface area contributed by atoms with Crippen molar-refractivity contribution >= 4 is 9.84 Å². The monoisotopic (exact) mass is 398 g/mol. The molecule has 0 radical (unpaired) electrons. The average molecular weight is 398 g/mol. The lowest BCUT2D eigenvalue weighted by Gasteiger charge is -2.10. The number of benzene rings is 2. The summed E-state index contributed by atoms with van der Waals surface area (Å²) in [4.78, 5) is -0.508. The number of nitrogens with zero attached hydrogens (tertiary/aromatic N) is 2. The molecule has 0 aliphatic carbocycles. The predicted molar refractivity (Wildman–Crippen MR) is 91.7 cm³/mol.